The summed E-state index contributed by atoms with van der Waals surface area (Å²) in [6.45, 7) is 0.525. The van der Waals surface area contributed by atoms with Gasteiger partial charge in [-0.25, -0.2) is 4.39 Å². The van der Waals surface area contributed by atoms with Gasteiger partial charge in [0.25, 0.3) is 0 Å². The first-order valence-electron chi connectivity index (χ1n) is 9.58. The van der Waals surface area contributed by atoms with E-state index >= 15 is 0 Å². The number of rotatable bonds is 6. The van der Waals surface area contributed by atoms with Gasteiger partial charge in [-0.05, 0) is 46.5 Å². The van der Waals surface area contributed by atoms with Gasteiger partial charge in [0.15, 0.2) is 0 Å². The van der Waals surface area contributed by atoms with Crippen LogP contribution in [0.5, 0.6) is 5.75 Å². The van der Waals surface area contributed by atoms with Crippen molar-refractivity contribution in [2.45, 2.75) is 6.61 Å². The van der Waals surface area contributed by atoms with E-state index in [-0.39, 0.29) is 5.82 Å². The zero-order valence-corrected chi connectivity index (χ0v) is 16.0. The SMILES string of the molecule is Fc1ccccc1/C=C(/c1ccccc1)c1ccc(OCc2ccccc2)cc1. The molecule has 0 aromatic heterocycles. The van der Waals surface area contributed by atoms with Crippen molar-refractivity contribution in [2.24, 2.45) is 0 Å². The molecular weight excluding hydrogens is 359 g/mol. The monoisotopic (exact) mass is 380 g/mol. The second kappa shape index (κ2) is 9.03. The molecule has 2 heteroatoms. The molecule has 0 bridgehead atoms. The molecule has 4 aromatic carbocycles. The van der Waals surface area contributed by atoms with E-state index < -0.39 is 0 Å². The first kappa shape index (κ1) is 18.7. The van der Waals surface area contributed by atoms with E-state index in [1.807, 2.05) is 97.1 Å². The van der Waals surface area contributed by atoms with Gasteiger partial charge < -0.3 is 4.74 Å². The van der Waals surface area contributed by atoms with Gasteiger partial charge in [0.2, 0.25) is 0 Å². The van der Waals surface area contributed by atoms with Crippen LogP contribution in [0.2, 0.25) is 0 Å². The van der Waals surface area contributed by atoms with Crippen molar-refractivity contribution in [3.05, 3.63) is 137 Å². The van der Waals surface area contributed by atoms with Gasteiger partial charge in [-0.1, -0.05) is 91.0 Å². The van der Waals surface area contributed by atoms with Crippen LogP contribution in [-0.4, -0.2) is 0 Å². The molecule has 0 saturated heterocycles. The Balaban J connectivity index is 1.62. The molecule has 0 amide bonds. The maximum absolute atomic E-state index is 14.2. The summed E-state index contributed by atoms with van der Waals surface area (Å²) in [6.07, 6.45) is 1.89. The van der Waals surface area contributed by atoms with E-state index in [9.17, 15) is 4.39 Å². The van der Waals surface area contributed by atoms with Crippen molar-refractivity contribution in [1.82, 2.24) is 0 Å². The Morgan fingerprint density at radius 2 is 1.24 bits per heavy atom. The van der Waals surface area contributed by atoms with Gasteiger partial charge in [-0.2, -0.15) is 0 Å². The predicted molar refractivity (Wildman–Crippen MR) is 117 cm³/mol. The van der Waals surface area contributed by atoms with Crippen LogP contribution < -0.4 is 4.74 Å². The second-order valence-electron chi connectivity index (χ2n) is 6.74. The zero-order valence-electron chi connectivity index (χ0n) is 16.0. The third-order valence-corrected chi connectivity index (χ3v) is 4.70. The zero-order chi connectivity index (χ0) is 19.9. The summed E-state index contributed by atoms with van der Waals surface area (Å²) < 4.78 is 20.1. The van der Waals surface area contributed by atoms with Crippen molar-refractivity contribution >= 4 is 11.6 Å². The Labute approximate surface area is 170 Å². The first-order chi connectivity index (χ1) is 14.3. The van der Waals surface area contributed by atoms with Gasteiger partial charge >= 0.3 is 0 Å². The van der Waals surface area contributed by atoms with E-state index in [1.165, 1.54) is 6.07 Å². The normalized spacial score (nSPS) is 11.3. The fraction of sp³-hybridized carbons (Fsp3) is 0.0370. The molecule has 4 aromatic rings. The quantitative estimate of drug-likeness (QED) is 0.327. The molecule has 0 saturated carbocycles. The highest BCUT2D eigenvalue weighted by Gasteiger charge is 2.08. The topological polar surface area (TPSA) is 9.23 Å². The number of halogens is 1. The van der Waals surface area contributed by atoms with Crippen LogP contribution in [0.25, 0.3) is 11.6 Å². The van der Waals surface area contributed by atoms with Gasteiger partial charge in [-0.3, -0.25) is 0 Å². The average molecular weight is 380 g/mol. The lowest BCUT2D eigenvalue weighted by atomic mass is 9.95. The minimum atomic E-state index is -0.233. The van der Waals surface area contributed by atoms with Crippen LogP contribution in [0.3, 0.4) is 0 Å². The van der Waals surface area contributed by atoms with Gasteiger partial charge in [0, 0.05) is 5.56 Å². The van der Waals surface area contributed by atoms with Gasteiger partial charge in [0.05, 0.1) is 0 Å². The van der Waals surface area contributed by atoms with E-state index in [2.05, 4.69) is 0 Å². The summed E-state index contributed by atoms with van der Waals surface area (Å²) >= 11 is 0. The lowest BCUT2D eigenvalue weighted by Gasteiger charge is -2.11. The third-order valence-electron chi connectivity index (χ3n) is 4.70. The fourth-order valence-corrected chi connectivity index (χ4v) is 3.17. The molecule has 0 aliphatic rings. The summed E-state index contributed by atoms with van der Waals surface area (Å²) in [5, 5.41) is 0. The highest BCUT2D eigenvalue weighted by atomic mass is 19.1. The smallest absolute Gasteiger partial charge is 0.130 e. The Hall–Kier alpha value is -3.65. The number of benzene rings is 4. The Bertz CT molecular complexity index is 1080. The van der Waals surface area contributed by atoms with Gasteiger partial charge in [0.1, 0.15) is 18.2 Å². The molecule has 0 N–H and O–H groups in total. The fourth-order valence-electron chi connectivity index (χ4n) is 3.17. The third kappa shape index (κ3) is 4.80. The molecule has 0 aliphatic heterocycles. The highest BCUT2D eigenvalue weighted by molar-refractivity contribution is 5.91. The number of hydrogen-bond acceptors (Lipinski definition) is 1. The molecule has 0 radical (unpaired) electrons. The van der Waals surface area contributed by atoms with E-state index in [4.69, 9.17) is 4.74 Å². The van der Waals surface area contributed by atoms with Crippen molar-refractivity contribution in [3.63, 3.8) is 0 Å². The van der Waals surface area contributed by atoms with E-state index in [0.717, 1.165) is 28.0 Å². The highest BCUT2D eigenvalue weighted by Crippen LogP contribution is 2.28. The second-order valence-corrected chi connectivity index (χ2v) is 6.74. The average Bonchev–Trinajstić information content (AvgIpc) is 2.79. The van der Waals surface area contributed by atoms with Crippen LogP contribution in [0.4, 0.5) is 4.39 Å². The first-order valence-corrected chi connectivity index (χ1v) is 9.58. The van der Waals surface area contributed by atoms with Crippen LogP contribution in [0, 0.1) is 5.82 Å². The van der Waals surface area contributed by atoms with Gasteiger partial charge in [-0.15, -0.1) is 0 Å². The minimum absolute atomic E-state index is 0.233. The van der Waals surface area contributed by atoms with Crippen LogP contribution in [-0.2, 0) is 6.61 Å². The summed E-state index contributed by atoms with van der Waals surface area (Å²) in [5.74, 6) is 0.569. The molecule has 0 unspecified atom stereocenters. The molecule has 29 heavy (non-hydrogen) atoms. The maximum atomic E-state index is 14.2. The molecule has 0 heterocycles. The van der Waals surface area contributed by atoms with Crippen molar-refractivity contribution < 1.29 is 9.13 Å². The lowest BCUT2D eigenvalue weighted by Crippen LogP contribution is -1.95. The Kier molecular flexibility index (Phi) is 5.82. The molecule has 142 valence electrons. The van der Waals surface area contributed by atoms with Crippen LogP contribution >= 0.6 is 0 Å². The molecular formula is C27H21FO. The van der Waals surface area contributed by atoms with E-state index in [1.54, 1.807) is 12.1 Å². The Morgan fingerprint density at radius 1 is 0.655 bits per heavy atom. The van der Waals surface area contributed by atoms with Crippen LogP contribution in [0.15, 0.2) is 109 Å². The van der Waals surface area contributed by atoms with Crippen molar-refractivity contribution in [3.8, 4) is 5.75 Å². The van der Waals surface area contributed by atoms with Crippen LogP contribution in [0.1, 0.15) is 22.3 Å². The summed E-state index contributed by atoms with van der Waals surface area (Å²) in [7, 11) is 0. The van der Waals surface area contributed by atoms with E-state index in [0.29, 0.717) is 12.2 Å². The van der Waals surface area contributed by atoms with Crippen molar-refractivity contribution in [1.29, 1.82) is 0 Å². The standard InChI is InChI=1S/C27H21FO/c28-27-14-8-7-13-24(27)19-26(22-11-5-2-6-12-22)23-15-17-25(18-16-23)29-20-21-9-3-1-4-10-21/h1-19H,20H2/b26-19-. The summed E-state index contributed by atoms with van der Waals surface area (Å²) in [4.78, 5) is 0. The molecule has 4 rings (SSSR count). The number of hydrogen-bond donors (Lipinski definition) is 0. The molecule has 0 spiro atoms. The predicted octanol–water partition coefficient (Wildman–Crippen LogP) is 6.99. The summed E-state index contributed by atoms with van der Waals surface area (Å²) in [6, 6.07) is 34.9. The lowest BCUT2D eigenvalue weighted by molar-refractivity contribution is 0.306. The molecule has 0 aliphatic carbocycles. The molecule has 0 atom stereocenters. The number of ether oxygens (including phenoxy) is 1. The van der Waals surface area contributed by atoms with Crippen molar-refractivity contribution in [2.75, 3.05) is 0 Å². The molecule has 0 fully saturated rings. The minimum Gasteiger partial charge on any atom is -0.489 e. The Morgan fingerprint density at radius 3 is 1.93 bits per heavy atom. The summed E-state index contributed by atoms with van der Waals surface area (Å²) in [5.41, 5.74) is 4.70. The maximum Gasteiger partial charge on any atom is 0.130 e. The largest absolute Gasteiger partial charge is 0.489 e. The molecule has 1 nitrogen and oxygen atoms in total.